The van der Waals surface area contributed by atoms with E-state index >= 15 is 0 Å². The molecular weight excluding hydrogens is 443 g/mol. The average molecular weight is 473 g/mol. The topological polar surface area (TPSA) is 136 Å². The van der Waals surface area contributed by atoms with E-state index in [0.29, 0.717) is 38.2 Å². The predicted octanol–water partition coefficient (Wildman–Crippen LogP) is 3.20. The number of rotatable bonds is 9. The van der Waals surface area contributed by atoms with Crippen molar-refractivity contribution in [1.82, 2.24) is 14.7 Å². The van der Waals surface area contributed by atoms with Crippen molar-refractivity contribution in [2.75, 3.05) is 32.1 Å². The Morgan fingerprint density at radius 2 is 2.00 bits per heavy atom. The summed E-state index contributed by atoms with van der Waals surface area (Å²) in [7, 11) is 1.55. The molecule has 1 fully saturated rings. The zero-order valence-corrected chi connectivity index (χ0v) is 19.2. The second-order valence-corrected chi connectivity index (χ2v) is 8.27. The van der Waals surface area contributed by atoms with Gasteiger partial charge >= 0.3 is 6.09 Å². The molecule has 0 spiro atoms. The minimum atomic E-state index is -0.672. The molecule has 0 aliphatic carbocycles. The molecule has 1 unspecified atom stereocenters. The Hall–Kier alpha value is -3.65. The van der Waals surface area contributed by atoms with Gasteiger partial charge < -0.3 is 25.4 Å². The maximum atomic E-state index is 13.2. The van der Waals surface area contributed by atoms with Crippen LogP contribution < -0.4 is 11.1 Å². The second-order valence-electron chi connectivity index (χ2n) is 8.27. The number of piperidine rings is 1. The molecule has 3 rings (SSSR count). The number of anilines is 2. The first-order valence-electron chi connectivity index (χ1n) is 11.0. The van der Waals surface area contributed by atoms with E-state index in [-0.39, 0.29) is 47.8 Å². The van der Waals surface area contributed by atoms with E-state index in [2.05, 4.69) is 16.5 Å². The van der Waals surface area contributed by atoms with Crippen LogP contribution in [0.1, 0.15) is 42.6 Å². The highest BCUT2D eigenvalue weighted by atomic mass is 19.1. The Bertz CT molecular complexity index is 1030. The SMILES string of the molecule is COCC(C)OC(=O)N1CCC([C@H](CC#N)n2cc(C(N)=O)c(Nc3ccc(F)cc3)n2)CC1. The Morgan fingerprint density at radius 1 is 1.32 bits per heavy atom. The summed E-state index contributed by atoms with van der Waals surface area (Å²) in [5.74, 6) is -0.771. The first-order valence-corrected chi connectivity index (χ1v) is 11.0. The van der Waals surface area contributed by atoms with Crippen molar-refractivity contribution in [2.45, 2.75) is 38.3 Å². The normalized spacial score (nSPS) is 15.9. The minimum absolute atomic E-state index is 0.0550. The van der Waals surface area contributed by atoms with Gasteiger partial charge in [-0.3, -0.25) is 9.48 Å². The number of methoxy groups -OCH3 is 1. The van der Waals surface area contributed by atoms with E-state index in [1.807, 2.05) is 0 Å². The number of amides is 2. The van der Waals surface area contributed by atoms with Gasteiger partial charge in [-0.05, 0) is 49.9 Å². The molecule has 182 valence electrons. The van der Waals surface area contributed by atoms with E-state index < -0.39 is 5.91 Å². The number of hydrogen-bond acceptors (Lipinski definition) is 7. The van der Waals surface area contributed by atoms with Gasteiger partial charge in [-0.2, -0.15) is 10.4 Å². The average Bonchev–Trinajstić information content (AvgIpc) is 3.23. The van der Waals surface area contributed by atoms with E-state index in [1.165, 1.54) is 30.5 Å². The second kappa shape index (κ2) is 11.5. The largest absolute Gasteiger partial charge is 0.444 e. The van der Waals surface area contributed by atoms with Crippen LogP contribution >= 0.6 is 0 Å². The lowest BCUT2D eigenvalue weighted by Gasteiger charge is -2.35. The maximum absolute atomic E-state index is 13.2. The van der Waals surface area contributed by atoms with Gasteiger partial charge in [0.2, 0.25) is 0 Å². The van der Waals surface area contributed by atoms with Crippen molar-refractivity contribution in [2.24, 2.45) is 11.7 Å². The van der Waals surface area contributed by atoms with Crippen molar-refractivity contribution in [3.05, 3.63) is 41.8 Å². The number of nitrogens with zero attached hydrogens (tertiary/aromatic N) is 4. The first kappa shape index (κ1) is 25.0. The van der Waals surface area contributed by atoms with Crippen molar-refractivity contribution in [3.63, 3.8) is 0 Å². The summed E-state index contributed by atoms with van der Waals surface area (Å²) in [5, 5.41) is 16.9. The molecule has 0 bridgehead atoms. The number of benzene rings is 1. The standard InChI is InChI=1S/C23H29FN6O4/c1-15(14-33-2)34-23(32)29-11-8-16(9-12-29)20(7-10-25)30-13-19(21(26)31)22(28-30)27-18-5-3-17(24)4-6-18/h3-6,13,15-16,20H,7-9,11-12,14H2,1-2H3,(H2,26,31)(H,27,28)/t15?,20-/m0/s1. The van der Waals surface area contributed by atoms with Gasteiger partial charge in [0.1, 0.15) is 17.5 Å². The summed E-state index contributed by atoms with van der Waals surface area (Å²) in [6.45, 7) is 3.05. The Kier molecular flexibility index (Phi) is 8.43. The molecule has 11 heteroatoms. The summed E-state index contributed by atoms with van der Waals surface area (Å²) in [4.78, 5) is 26.0. The molecule has 1 aliphatic rings. The minimum Gasteiger partial charge on any atom is -0.444 e. The van der Waals surface area contributed by atoms with Crippen molar-refractivity contribution in [1.29, 1.82) is 5.26 Å². The molecule has 3 N–H and O–H groups in total. The fourth-order valence-electron chi connectivity index (χ4n) is 4.06. The molecular formula is C23H29FN6O4. The van der Waals surface area contributed by atoms with E-state index in [4.69, 9.17) is 15.2 Å². The zero-order chi connectivity index (χ0) is 24.7. The highest BCUT2D eigenvalue weighted by Gasteiger charge is 2.32. The summed E-state index contributed by atoms with van der Waals surface area (Å²) < 4.78 is 25.2. The lowest BCUT2D eigenvalue weighted by molar-refractivity contribution is 0.0209. The van der Waals surface area contributed by atoms with Gasteiger partial charge in [-0.15, -0.1) is 0 Å². The quantitative estimate of drug-likeness (QED) is 0.572. The number of aromatic nitrogens is 2. The van der Waals surface area contributed by atoms with Crippen LogP contribution in [0.15, 0.2) is 30.5 Å². The first-order chi connectivity index (χ1) is 16.3. The van der Waals surface area contributed by atoms with Crippen molar-refractivity contribution < 1.29 is 23.5 Å². The molecule has 1 aliphatic heterocycles. The van der Waals surface area contributed by atoms with Gasteiger partial charge in [-0.1, -0.05) is 0 Å². The molecule has 1 aromatic carbocycles. The smallest absolute Gasteiger partial charge is 0.410 e. The predicted molar refractivity (Wildman–Crippen MR) is 122 cm³/mol. The van der Waals surface area contributed by atoms with Gasteiger partial charge in [0.15, 0.2) is 5.82 Å². The molecule has 2 aromatic rings. The maximum Gasteiger partial charge on any atom is 0.410 e. The van der Waals surface area contributed by atoms with E-state index in [9.17, 15) is 19.2 Å². The highest BCUT2D eigenvalue weighted by molar-refractivity contribution is 5.98. The van der Waals surface area contributed by atoms with Gasteiger partial charge in [0, 0.05) is 32.1 Å². The van der Waals surface area contributed by atoms with Crippen LogP contribution in [0, 0.1) is 23.1 Å². The van der Waals surface area contributed by atoms with Gasteiger partial charge in [0.05, 0.1) is 25.1 Å². The molecule has 0 saturated carbocycles. The van der Waals surface area contributed by atoms with Crippen molar-refractivity contribution >= 4 is 23.5 Å². The fraction of sp³-hybridized carbons (Fsp3) is 0.478. The molecule has 1 aromatic heterocycles. The van der Waals surface area contributed by atoms with Crippen LogP contribution in [0.3, 0.4) is 0 Å². The molecule has 1 saturated heterocycles. The van der Waals surface area contributed by atoms with Crippen LogP contribution in [0.25, 0.3) is 0 Å². The number of nitrogens with two attached hydrogens (primary N) is 1. The summed E-state index contributed by atoms with van der Waals surface area (Å²) in [6, 6.07) is 7.51. The molecule has 34 heavy (non-hydrogen) atoms. The number of carbonyl (C=O) groups excluding carboxylic acids is 2. The third kappa shape index (κ3) is 6.23. The van der Waals surface area contributed by atoms with Gasteiger partial charge in [-0.25, -0.2) is 9.18 Å². The van der Waals surface area contributed by atoms with Crippen molar-refractivity contribution in [3.8, 4) is 6.07 Å². The number of ether oxygens (including phenoxy) is 2. The number of primary amides is 1. The van der Waals surface area contributed by atoms with E-state index in [0.717, 1.165) is 0 Å². The molecule has 2 heterocycles. The monoisotopic (exact) mass is 472 g/mol. The van der Waals surface area contributed by atoms with E-state index in [1.54, 1.807) is 23.6 Å². The third-order valence-corrected chi connectivity index (χ3v) is 5.79. The van der Waals surface area contributed by atoms with Crippen LogP contribution in [0.4, 0.5) is 20.7 Å². The number of carbonyl (C=O) groups is 2. The molecule has 0 radical (unpaired) electrons. The Morgan fingerprint density at radius 3 is 2.59 bits per heavy atom. The lowest BCUT2D eigenvalue weighted by Crippen LogP contribution is -2.42. The Balaban J connectivity index is 1.72. The van der Waals surface area contributed by atoms with Gasteiger partial charge in [0.25, 0.3) is 5.91 Å². The molecule has 10 nitrogen and oxygen atoms in total. The molecule has 2 atom stereocenters. The highest BCUT2D eigenvalue weighted by Crippen LogP contribution is 2.33. The van der Waals surface area contributed by atoms with Crippen LogP contribution in [-0.4, -0.2) is 59.6 Å². The Labute approximate surface area is 197 Å². The number of nitriles is 1. The van der Waals surface area contributed by atoms with Crippen LogP contribution in [0.2, 0.25) is 0 Å². The van der Waals surface area contributed by atoms with Crippen LogP contribution in [-0.2, 0) is 9.47 Å². The number of likely N-dealkylation sites (tertiary alicyclic amines) is 1. The fourth-order valence-corrected chi connectivity index (χ4v) is 4.06. The zero-order valence-electron chi connectivity index (χ0n) is 19.2. The lowest BCUT2D eigenvalue weighted by atomic mass is 9.88. The summed E-state index contributed by atoms with van der Waals surface area (Å²) in [5.41, 5.74) is 6.26. The molecule has 2 amide bonds. The third-order valence-electron chi connectivity index (χ3n) is 5.79. The number of hydrogen-bond donors (Lipinski definition) is 2. The summed E-state index contributed by atoms with van der Waals surface area (Å²) in [6.07, 6.45) is 2.27. The van der Waals surface area contributed by atoms with Crippen LogP contribution in [0.5, 0.6) is 0 Å². The summed E-state index contributed by atoms with van der Waals surface area (Å²) >= 11 is 0. The number of halogens is 1. The number of nitrogens with one attached hydrogen (secondary N) is 1.